The fraction of sp³-hybridized carbons (Fsp3) is 0.600. The van der Waals surface area contributed by atoms with Crippen molar-refractivity contribution in [1.82, 2.24) is 15.1 Å². The Morgan fingerprint density at radius 1 is 1.30 bits per heavy atom. The van der Waals surface area contributed by atoms with Gasteiger partial charge in [0.25, 0.3) is 0 Å². The molecule has 0 bridgehead atoms. The molecule has 0 radical (unpaired) electrons. The van der Waals surface area contributed by atoms with Gasteiger partial charge in [0.1, 0.15) is 0 Å². The Balaban J connectivity index is 0.00000261. The van der Waals surface area contributed by atoms with Crippen molar-refractivity contribution in [1.29, 1.82) is 0 Å². The molecule has 1 atom stereocenters. The Morgan fingerprint density at radius 2 is 2.00 bits per heavy atom. The standard InChI is InChI=1S/C20H31N5O.HI/c1-2-24-12-6-9-18(24)13-23-20(21)22-11-5-10-19(26)25-14-16-7-3-4-8-17(16)15-25;/h3-4,7-8,18H,2,5-6,9-15H2,1H3,(H3,21,22,23);1H. The van der Waals surface area contributed by atoms with Crippen molar-refractivity contribution in [3.05, 3.63) is 35.4 Å². The van der Waals surface area contributed by atoms with Gasteiger partial charge in [0.15, 0.2) is 5.96 Å². The van der Waals surface area contributed by atoms with Gasteiger partial charge in [-0.1, -0.05) is 31.2 Å². The average molecular weight is 485 g/mol. The number of carbonyl (C=O) groups excluding carboxylic acids is 1. The molecular formula is C20H32IN5O. The number of amides is 1. The first kappa shape index (κ1) is 21.9. The van der Waals surface area contributed by atoms with Crippen molar-refractivity contribution in [2.75, 3.05) is 26.2 Å². The molecule has 3 N–H and O–H groups in total. The molecule has 7 heteroatoms. The molecule has 1 aromatic carbocycles. The van der Waals surface area contributed by atoms with E-state index in [-0.39, 0.29) is 29.9 Å². The number of rotatable bonds is 7. The molecule has 1 aromatic rings. The number of carbonyl (C=O) groups is 1. The van der Waals surface area contributed by atoms with Gasteiger partial charge < -0.3 is 16.0 Å². The van der Waals surface area contributed by atoms with Gasteiger partial charge in [-0.05, 0) is 43.5 Å². The first-order valence-corrected chi connectivity index (χ1v) is 9.79. The molecule has 0 saturated carbocycles. The predicted octanol–water partition coefficient (Wildman–Crippen LogP) is 2.32. The van der Waals surface area contributed by atoms with E-state index < -0.39 is 0 Å². The number of halogens is 1. The molecular weight excluding hydrogens is 453 g/mol. The molecule has 2 aliphatic rings. The van der Waals surface area contributed by atoms with Gasteiger partial charge in [0.05, 0.1) is 6.54 Å². The van der Waals surface area contributed by atoms with E-state index in [1.54, 1.807) is 0 Å². The SMILES string of the molecule is CCN1CCCC1CN=C(N)NCCCC(=O)N1Cc2ccccc2C1.I. The number of fused-ring (bicyclic) bond motifs is 1. The lowest BCUT2D eigenvalue weighted by molar-refractivity contribution is -0.131. The van der Waals surface area contributed by atoms with Crippen LogP contribution in [0, 0.1) is 0 Å². The van der Waals surface area contributed by atoms with Gasteiger partial charge in [0, 0.05) is 32.1 Å². The van der Waals surface area contributed by atoms with Gasteiger partial charge in [0.2, 0.25) is 5.91 Å². The zero-order chi connectivity index (χ0) is 18.4. The summed E-state index contributed by atoms with van der Waals surface area (Å²) in [4.78, 5) is 21.2. The van der Waals surface area contributed by atoms with Gasteiger partial charge in [-0.25, -0.2) is 0 Å². The van der Waals surface area contributed by atoms with Crippen molar-refractivity contribution in [3.63, 3.8) is 0 Å². The number of aliphatic imine (C=N–C) groups is 1. The Kier molecular flexibility index (Phi) is 8.82. The molecule has 0 aliphatic carbocycles. The molecule has 1 fully saturated rings. The van der Waals surface area contributed by atoms with Crippen molar-refractivity contribution < 1.29 is 4.79 Å². The highest BCUT2D eigenvalue weighted by Gasteiger charge is 2.23. The van der Waals surface area contributed by atoms with Crippen LogP contribution in [0.15, 0.2) is 29.3 Å². The van der Waals surface area contributed by atoms with E-state index in [1.165, 1.54) is 30.5 Å². The zero-order valence-electron chi connectivity index (χ0n) is 16.2. The second-order valence-electron chi connectivity index (χ2n) is 7.20. The number of hydrogen-bond acceptors (Lipinski definition) is 3. The van der Waals surface area contributed by atoms with Crippen LogP contribution in [-0.4, -0.2) is 53.9 Å². The number of guanidine groups is 1. The number of likely N-dealkylation sites (N-methyl/N-ethyl adjacent to an activating group) is 1. The number of likely N-dealkylation sites (tertiary alicyclic amines) is 1. The molecule has 6 nitrogen and oxygen atoms in total. The highest BCUT2D eigenvalue weighted by Crippen LogP contribution is 2.22. The van der Waals surface area contributed by atoms with Crippen LogP contribution >= 0.6 is 24.0 Å². The van der Waals surface area contributed by atoms with Crippen molar-refractivity contribution >= 4 is 35.8 Å². The van der Waals surface area contributed by atoms with Crippen LogP contribution in [-0.2, 0) is 17.9 Å². The third kappa shape index (κ3) is 6.07. The highest BCUT2D eigenvalue weighted by molar-refractivity contribution is 14.0. The number of nitrogens with zero attached hydrogens (tertiary/aromatic N) is 3. The molecule has 150 valence electrons. The predicted molar refractivity (Wildman–Crippen MR) is 120 cm³/mol. The van der Waals surface area contributed by atoms with Gasteiger partial charge >= 0.3 is 0 Å². The van der Waals surface area contributed by atoms with E-state index >= 15 is 0 Å². The minimum atomic E-state index is 0. The number of hydrogen-bond donors (Lipinski definition) is 2. The minimum Gasteiger partial charge on any atom is -0.370 e. The maximum atomic E-state index is 12.4. The number of benzene rings is 1. The van der Waals surface area contributed by atoms with E-state index in [4.69, 9.17) is 5.73 Å². The van der Waals surface area contributed by atoms with Gasteiger partial charge in [-0.2, -0.15) is 0 Å². The van der Waals surface area contributed by atoms with Crippen LogP contribution in [0.5, 0.6) is 0 Å². The Morgan fingerprint density at radius 3 is 2.67 bits per heavy atom. The molecule has 2 heterocycles. The topological polar surface area (TPSA) is 74.0 Å². The van der Waals surface area contributed by atoms with E-state index in [2.05, 4.69) is 34.3 Å². The largest absolute Gasteiger partial charge is 0.370 e. The fourth-order valence-corrected chi connectivity index (χ4v) is 3.90. The molecule has 0 spiro atoms. The van der Waals surface area contributed by atoms with Crippen LogP contribution in [0.1, 0.15) is 43.7 Å². The lowest BCUT2D eigenvalue weighted by Gasteiger charge is -2.21. The summed E-state index contributed by atoms with van der Waals surface area (Å²) in [5, 5.41) is 3.14. The summed E-state index contributed by atoms with van der Waals surface area (Å²) in [6.07, 6.45) is 3.77. The van der Waals surface area contributed by atoms with Gasteiger partial charge in [-0.15, -0.1) is 24.0 Å². The third-order valence-corrected chi connectivity index (χ3v) is 5.44. The van der Waals surface area contributed by atoms with Crippen LogP contribution in [0.3, 0.4) is 0 Å². The fourth-order valence-electron chi connectivity index (χ4n) is 3.90. The zero-order valence-corrected chi connectivity index (χ0v) is 18.5. The maximum absolute atomic E-state index is 12.4. The summed E-state index contributed by atoms with van der Waals surface area (Å²) in [6, 6.07) is 8.80. The summed E-state index contributed by atoms with van der Waals surface area (Å²) < 4.78 is 0. The Bertz CT molecular complexity index is 626. The highest BCUT2D eigenvalue weighted by atomic mass is 127. The third-order valence-electron chi connectivity index (χ3n) is 5.44. The molecule has 1 saturated heterocycles. The Labute approximate surface area is 179 Å². The summed E-state index contributed by atoms with van der Waals surface area (Å²) in [6.45, 7) is 7.37. The molecule has 27 heavy (non-hydrogen) atoms. The molecule has 1 unspecified atom stereocenters. The summed E-state index contributed by atoms with van der Waals surface area (Å²) in [5.74, 6) is 0.706. The Hall–Kier alpha value is -1.35. The molecule has 0 aromatic heterocycles. The monoisotopic (exact) mass is 485 g/mol. The molecule has 3 rings (SSSR count). The lowest BCUT2D eigenvalue weighted by Crippen LogP contribution is -2.36. The van der Waals surface area contributed by atoms with Crippen LogP contribution in [0.2, 0.25) is 0 Å². The van der Waals surface area contributed by atoms with Crippen molar-refractivity contribution in [2.24, 2.45) is 10.7 Å². The van der Waals surface area contributed by atoms with Crippen LogP contribution in [0.25, 0.3) is 0 Å². The van der Waals surface area contributed by atoms with Crippen LogP contribution < -0.4 is 11.1 Å². The van der Waals surface area contributed by atoms with Crippen molar-refractivity contribution in [3.8, 4) is 0 Å². The summed E-state index contributed by atoms with van der Waals surface area (Å²) in [7, 11) is 0. The van der Waals surface area contributed by atoms with E-state index in [0.717, 1.165) is 32.6 Å². The molecule has 2 aliphatic heterocycles. The van der Waals surface area contributed by atoms with E-state index in [1.807, 2.05) is 17.0 Å². The van der Waals surface area contributed by atoms with E-state index in [0.29, 0.717) is 25.0 Å². The quantitative estimate of drug-likeness (QED) is 0.269. The summed E-state index contributed by atoms with van der Waals surface area (Å²) >= 11 is 0. The van der Waals surface area contributed by atoms with Gasteiger partial charge in [-0.3, -0.25) is 14.7 Å². The minimum absolute atomic E-state index is 0. The van der Waals surface area contributed by atoms with E-state index in [9.17, 15) is 4.79 Å². The first-order chi connectivity index (χ1) is 12.7. The number of nitrogens with two attached hydrogens (primary N) is 1. The smallest absolute Gasteiger partial charge is 0.223 e. The maximum Gasteiger partial charge on any atom is 0.223 e. The summed E-state index contributed by atoms with van der Waals surface area (Å²) in [5.41, 5.74) is 8.49. The number of nitrogens with one attached hydrogen (secondary N) is 1. The average Bonchev–Trinajstić information content (AvgIpc) is 3.29. The first-order valence-electron chi connectivity index (χ1n) is 9.79. The second-order valence-corrected chi connectivity index (χ2v) is 7.20. The van der Waals surface area contributed by atoms with Crippen molar-refractivity contribution in [2.45, 2.75) is 51.7 Å². The second kappa shape index (κ2) is 10.8. The normalized spacial score (nSPS) is 19.7. The molecule has 1 amide bonds. The lowest BCUT2D eigenvalue weighted by atomic mass is 10.1. The van der Waals surface area contributed by atoms with Crippen LogP contribution in [0.4, 0.5) is 0 Å².